The first-order chi connectivity index (χ1) is 16.3. The molecule has 1 N–H and O–H groups in total. The largest absolute Gasteiger partial charge is 0.482 e. The van der Waals surface area contributed by atoms with E-state index in [0.717, 1.165) is 25.3 Å². The maximum Gasteiger partial charge on any atom is 0.262 e. The van der Waals surface area contributed by atoms with Gasteiger partial charge in [-0.3, -0.25) is 4.79 Å². The zero-order chi connectivity index (χ0) is 24.1. The molecule has 0 spiro atoms. The van der Waals surface area contributed by atoms with Gasteiger partial charge < -0.3 is 19.7 Å². The molecule has 4 rings (SSSR count). The summed E-state index contributed by atoms with van der Waals surface area (Å²) in [4.78, 5) is 14.9. The fourth-order valence-corrected chi connectivity index (χ4v) is 5.80. The van der Waals surface area contributed by atoms with Crippen molar-refractivity contribution in [2.24, 2.45) is 0 Å². The normalized spacial score (nSPS) is 17.4. The minimum Gasteiger partial charge on any atom is -0.482 e. The van der Waals surface area contributed by atoms with Gasteiger partial charge in [-0.15, -0.1) is 0 Å². The van der Waals surface area contributed by atoms with Gasteiger partial charge in [0.05, 0.1) is 34.5 Å². The molecule has 2 aromatic carbocycles. The fraction of sp³-hybridized carbons (Fsp3) is 0.435. The van der Waals surface area contributed by atoms with E-state index in [1.165, 1.54) is 22.5 Å². The SMILES string of the molecule is O=C(COc1ccc(F)cc1Cl)Nc1cc(S(=O)(=O)N2CCCCC2)ccc1N1CCOCC1. The zero-order valence-corrected chi connectivity index (χ0v) is 20.2. The minimum atomic E-state index is -3.68. The Balaban J connectivity index is 1.56. The predicted octanol–water partition coefficient (Wildman–Crippen LogP) is 3.51. The van der Waals surface area contributed by atoms with Crippen LogP contribution in [0.3, 0.4) is 0 Å². The van der Waals surface area contributed by atoms with E-state index in [2.05, 4.69) is 5.32 Å². The van der Waals surface area contributed by atoms with Gasteiger partial charge in [0.1, 0.15) is 11.6 Å². The van der Waals surface area contributed by atoms with Crippen molar-refractivity contribution in [3.05, 3.63) is 47.2 Å². The third-order valence-electron chi connectivity index (χ3n) is 5.80. The summed E-state index contributed by atoms with van der Waals surface area (Å²) in [7, 11) is -3.68. The van der Waals surface area contributed by atoms with Gasteiger partial charge in [0.15, 0.2) is 6.61 Å². The molecule has 2 saturated heterocycles. The summed E-state index contributed by atoms with van der Waals surface area (Å²) >= 11 is 5.96. The molecule has 34 heavy (non-hydrogen) atoms. The number of anilines is 2. The highest BCUT2D eigenvalue weighted by Gasteiger charge is 2.27. The summed E-state index contributed by atoms with van der Waals surface area (Å²) in [5.74, 6) is -0.834. The van der Waals surface area contributed by atoms with E-state index in [1.807, 2.05) is 4.90 Å². The van der Waals surface area contributed by atoms with Crippen LogP contribution < -0.4 is 15.0 Å². The average Bonchev–Trinajstić information content (AvgIpc) is 2.84. The highest BCUT2D eigenvalue weighted by molar-refractivity contribution is 7.89. The predicted molar refractivity (Wildman–Crippen MR) is 128 cm³/mol. The molecule has 2 aliphatic rings. The number of rotatable bonds is 7. The minimum absolute atomic E-state index is 0.0522. The van der Waals surface area contributed by atoms with Gasteiger partial charge in [0.2, 0.25) is 10.0 Å². The van der Waals surface area contributed by atoms with Crippen LogP contribution in [-0.4, -0.2) is 64.6 Å². The molecule has 0 radical (unpaired) electrons. The fourth-order valence-electron chi connectivity index (χ4n) is 4.03. The molecular weight excluding hydrogens is 485 g/mol. The van der Waals surface area contributed by atoms with Crippen LogP contribution in [0.5, 0.6) is 5.75 Å². The molecule has 1 amide bonds. The van der Waals surface area contributed by atoms with Crippen LogP contribution in [0.1, 0.15) is 19.3 Å². The lowest BCUT2D eigenvalue weighted by Gasteiger charge is -2.31. The third kappa shape index (κ3) is 5.80. The number of morpholine rings is 1. The summed E-state index contributed by atoms with van der Waals surface area (Å²) in [6.07, 6.45) is 2.68. The number of piperidine rings is 1. The Bertz CT molecular complexity index is 1140. The Kier molecular flexibility index (Phi) is 7.92. The average molecular weight is 512 g/mol. The lowest BCUT2D eigenvalue weighted by molar-refractivity contribution is -0.118. The highest BCUT2D eigenvalue weighted by Crippen LogP contribution is 2.32. The monoisotopic (exact) mass is 511 g/mol. The second-order valence-corrected chi connectivity index (χ2v) is 10.5. The summed E-state index contributed by atoms with van der Waals surface area (Å²) < 4.78 is 52.0. The van der Waals surface area contributed by atoms with Crippen molar-refractivity contribution >= 4 is 38.9 Å². The lowest BCUT2D eigenvalue weighted by Crippen LogP contribution is -2.37. The molecule has 0 bridgehead atoms. The number of hydrogen-bond donors (Lipinski definition) is 1. The van der Waals surface area contributed by atoms with Crippen LogP contribution in [0, 0.1) is 5.82 Å². The van der Waals surface area contributed by atoms with Gasteiger partial charge in [0, 0.05) is 26.2 Å². The molecule has 8 nitrogen and oxygen atoms in total. The summed E-state index contributed by atoms with van der Waals surface area (Å²) in [5, 5.41) is 2.83. The number of nitrogens with zero attached hydrogens (tertiary/aromatic N) is 2. The van der Waals surface area contributed by atoms with E-state index in [-0.39, 0.29) is 22.3 Å². The van der Waals surface area contributed by atoms with Gasteiger partial charge in [-0.25, -0.2) is 12.8 Å². The number of ether oxygens (including phenoxy) is 2. The molecular formula is C23H27ClFN3O5S. The maximum absolute atomic E-state index is 13.2. The summed E-state index contributed by atoms with van der Waals surface area (Å²) in [5.41, 5.74) is 1.08. The Hall–Kier alpha value is -2.40. The Morgan fingerprint density at radius 2 is 1.79 bits per heavy atom. The van der Waals surface area contributed by atoms with E-state index in [1.54, 1.807) is 12.1 Å². The second kappa shape index (κ2) is 10.9. The summed E-state index contributed by atoms with van der Waals surface area (Å²) in [6, 6.07) is 8.42. The highest BCUT2D eigenvalue weighted by atomic mass is 35.5. The maximum atomic E-state index is 13.2. The van der Waals surface area contributed by atoms with E-state index < -0.39 is 21.7 Å². The van der Waals surface area contributed by atoms with E-state index in [9.17, 15) is 17.6 Å². The Morgan fingerprint density at radius 1 is 1.06 bits per heavy atom. The quantitative estimate of drug-likeness (QED) is 0.612. The number of benzene rings is 2. The summed E-state index contributed by atoms with van der Waals surface area (Å²) in [6.45, 7) is 2.90. The molecule has 184 valence electrons. The molecule has 0 saturated carbocycles. The molecule has 0 aliphatic carbocycles. The number of carbonyl (C=O) groups excluding carboxylic acids is 1. The van der Waals surface area contributed by atoms with Crippen LogP contribution >= 0.6 is 11.6 Å². The smallest absolute Gasteiger partial charge is 0.262 e. The van der Waals surface area contributed by atoms with Crippen molar-refractivity contribution < 1.29 is 27.1 Å². The van der Waals surface area contributed by atoms with Gasteiger partial charge in [-0.05, 0) is 49.2 Å². The number of hydrogen-bond acceptors (Lipinski definition) is 6. The van der Waals surface area contributed by atoms with E-state index in [4.69, 9.17) is 21.1 Å². The molecule has 0 aromatic heterocycles. The van der Waals surface area contributed by atoms with Crippen molar-refractivity contribution in [1.29, 1.82) is 0 Å². The van der Waals surface area contributed by atoms with E-state index >= 15 is 0 Å². The standard InChI is InChI=1S/C23H27ClFN3O5S/c24-19-14-17(25)4-7-22(19)33-16-23(29)26-20-15-18(34(30,31)28-8-2-1-3-9-28)5-6-21(20)27-10-12-32-13-11-27/h4-7,14-15H,1-3,8-13,16H2,(H,26,29). The van der Waals surface area contributed by atoms with Crippen LogP contribution in [0.15, 0.2) is 41.3 Å². The van der Waals surface area contributed by atoms with Gasteiger partial charge in [-0.2, -0.15) is 4.31 Å². The number of carbonyl (C=O) groups is 1. The molecule has 2 heterocycles. The van der Waals surface area contributed by atoms with E-state index in [0.29, 0.717) is 50.8 Å². The first kappa shape index (κ1) is 24.7. The van der Waals surface area contributed by atoms with Crippen molar-refractivity contribution in [2.75, 3.05) is 56.2 Å². The van der Waals surface area contributed by atoms with Crippen LogP contribution in [0.2, 0.25) is 5.02 Å². The molecule has 0 unspecified atom stereocenters. The number of halogens is 2. The number of sulfonamides is 1. The first-order valence-corrected chi connectivity index (χ1v) is 13.0. The van der Waals surface area contributed by atoms with Crippen LogP contribution in [0.4, 0.5) is 15.8 Å². The van der Waals surface area contributed by atoms with Gasteiger partial charge >= 0.3 is 0 Å². The first-order valence-electron chi connectivity index (χ1n) is 11.2. The molecule has 2 fully saturated rings. The van der Waals surface area contributed by atoms with Gasteiger partial charge in [-0.1, -0.05) is 18.0 Å². The lowest BCUT2D eigenvalue weighted by atomic mass is 10.2. The number of nitrogens with one attached hydrogen (secondary N) is 1. The molecule has 11 heteroatoms. The second-order valence-electron chi connectivity index (χ2n) is 8.15. The van der Waals surface area contributed by atoms with Crippen LogP contribution in [-0.2, 0) is 19.6 Å². The van der Waals surface area contributed by atoms with Crippen molar-refractivity contribution in [3.63, 3.8) is 0 Å². The number of amides is 1. The molecule has 2 aromatic rings. The molecule has 0 atom stereocenters. The zero-order valence-electron chi connectivity index (χ0n) is 18.6. The van der Waals surface area contributed by atoms with Crippen LogP contribution in [0.25, 0.3) is 0 Å². The van der Waals surface area contributed by atoms with Crippen molar-refractivity contribution in [1.82, 2.24) is 4.31 Å². The van der Waals surface area contributed by atoms with Crippen molar-refractivity contribution in [2.45, 2.75) is 24.2 Å². The topological polar surface area (TPSA) is 88.2 Å². The molecule has 2 aliphatic heterocycles. The van der Waals surface area contributed by atoms with Gasteiger partial charge in [0.25, 0.3) is 5.91 Å². The van der Waals surface area contributed by atoms with Crippen molar-refractivity contribution in [3.8, 4) is 5.75 Å². The Morgan fingerprint density at radius 3 is 2.50 bits per heavy atom. The Labute approximate surface area is 203 Å². The third-order valence-corrected chi connectivity index (χ3v) is 7.99.